The lowest BCUT2D eigenvalue weighted by atomic mass is 10.0. The second kappa shape index (κ2) is 5.61. The first kappa shape index (κ1) is 15.7. The molecule has 124 valence electrons. The van der Waals surface area contributed by atoms with Crippen molar-refractivity contribution in [2.24, 2.45) is 0 Å². The van der Waals surface area contributed by atoms with Crippen LogP contribution in [0.25, 0.3) is 31.7 Å². The third kappa shape index (κ3) is 2.38. The molecule has 0 N–H and O–H groups in total. The van der Waals surface area contributed by atoms with Crippen molar-refractivity contribution in [3.8, 4) is 16.5 Å². The van der Waals surface area contributed by atoms with Crippen LogP contribution < -0.4 is 10.2 Å². The highest BCUT2D eigenvalue weighted by Gasteiger charge is 2.22. The maximum absolute atomic E-state index is 12.5. The van der Waals surface area contributed by atoms with Crippen molar-refractivity contribution in [1.29, 1.82) is 0 Å². The predicted molar refractivity (Wildman–Crippen MR) is 96.0 cm³/mol. The summed E-state index contributed by atoms with van der Waals surface area (Å²) in [5.41, 5.74) is 0.517. The van der Waals surface area contributed by atoms with E-state index in [4.69, 9.17) is 16.3 Å². The number of hydrogen-bond donors (Lipinski definition) is 0. The fourth-order valence-electron chi connectivity index (χ4n) is 2.60. The van der Waals surface area contributed by atoms with E-state index >= 15 is 0 Å². The summed E-state index contributed by atoms with van der Waals surface area (Å²) in [6.07, 6.45) is 0. The fourth-order valence-corrected chi connectivity index (χ4v) is 3.89. The minimum Gasteiger partial charge on any atom is -0.481 e. The van der Waals surface area contributed by atoms with Crippen molar-refractivity contribution >= 4 is 49.7 Å². The number of benzene rings is 2. The second-order valence-electron chi connectivity index (χ2n) is 5.20. The Morgan fingerprint density at radius 3 is 2.72 bits per heavy atom. The van der Waals surface area contributed by atoms with Crippen LogP contribution in [0.15, 0.2) is 35.1 Å². The normalized spacial score (nSPS) is 11.3. The van der Waals surface area contributed by atoms with Crippen molar-refractivity contribution in [3.63, 3.8) is 0 Å². The molecule has 0 spiro atoms. The quantitative estimate of drug-likeness (QED) is 0.229. The van der Waals surface area contributed by atoms with Crippen molar-refractivity contribution in [1.82, 2.24) is 9.97 Å². The van der Waals surface area contributed by atoms with Gasteiger partial charge in [-0.3, -0.25) is 14.9 Å². The third-order valence-electron chi connectivity index (χ3n) is 3.78. The summed E-state index contributed by atoms with van der Waals surface area (Å²) in [6, 6.07) is 7.44. The Morgan fingerprint density at radius 2 is 2.00 bits per heavy atom. The van der Waals surface area contributed by atoms with Gasteiger partial charge in [-0.05, 0) is 12.1 Å². The fraction of sp³-hybridized carbons (Fsp3) is 0.0625. The molecular formula is C16H8ClN3O4S. The van der Waals surface area contributed by atoms with Crippen LogP contribution in [0.2, 0.25) is 5.02 Å². The molecule has 2 heterocycles. The van der Waals surface area contributed by atoms with Gasteiger partial charge in [0, 0.05) is 29.0 Å². The van der Waals surface area contributed by atoms with Gasteiger partial charge in [-0.15, -0.1) is 11.3 Å². The number of nitro benzene ring substituents is 1. The summed E-state index contributed by atoms with van der Waals surface area (Å²) in [4.78, 5) is 32.9. The summed E-state index contributed by atoms with van der Waals surface area (Å²) in [6.45, 7) is 0. The zero-order valence-electron chi connectivity index (χ0n) is 12.6. The number of hydrogen-bond acceptors (Lipinski definition) is 7. The average molecular weight is 374 g/mol. The molecule has 0 atom stereocenters. The maximum atomic E-state index is 12.5. The van der Waals surface area contributed by atoms with Gasteiger partial charge >= 0.3 is 0 Å². The number of nitro groups is 1. The Hall–Kier alpha value is -2.84. The number of aromatic nitrogens is 2. The summed E-state index contributed by atoms with van der Waals surface area (Å²) < 4.78 is 5.10. The first-order chi connectivity index (χ1) is 12.0. The Labute approximate surface area is 149 Å². The molecule has 0 unspecified atom stereocenters. The number of pyridine rings is 1. The first-order valence-electron chi connectivity index (χ1n) is 7.05. The Kier molecular flexibility index (Phi) is 3.52. The Morgan fingerprint density at radius 1 is 1.20 bits per heavy atom. The summed E-state index contributed by atoms with van der Waals surface area (Å²) in [7, 11) is 1.50. The third-order valence-corrected chi connectivity index (χ3v) is 5.35. The average Bonchev–Trinajstić information content (AvgIpc) is 2.63. The highest BCUT2D eigenvalue weighted by atomic mass is 35.5. The molecule has 1 aromatic heterocycles. The van der Waals surface area contributed by atoms with Gasteiger partial charge in [0.25, 0.3) is 5.69 Å². The van der Waals surface area contributed by atoms with E-state index in [1.165, 1.54) is 36.6 Å². The van der Waals surface area contributed by atoms with Gasteiger partial charge in [0.1, 0.15) is 15.4 Å². The monoisotopic (exact) mass is 373 g/mol. The van der Waals surface area contributed by atoms with E-state index in [0.29, 0.717) is 37.6 Å². The second-order valence-corrected chi connectivity index (χ2v) is 6.58. The summed E-state index contributed by atoms with van der Waals surface area (Å²) in [5.74, 6) is 0.416. The number of rotatable bonds is 2. The highest BCUT2D eigenvalue weighted by Crippen LogP contribution is 2.39. The molecule has 2 aliphatic rings. The Balaban J connectivity index is 2.19. The van der Waals surface area contributed by atoms with Gasteiger partial charge in [-0.1, -0.05) is 11.6 Å². The van der Waals surface area contributed by atoms with Crippen LogP contribution >= 0.6 is 22.9 Å². The molecule has 1 aliphatic carbocycles. The molecule has 1 aromatic carbocycles. The minimum atomic E-state index is -0.513. The molecule has 9 heteroatoms. The zero-order valence-corrected chi connectivity index (χ0v) is 14.2. The van der Waals surface area contributed by atoms with E-state index in [1.54, 1.807) is 12.1 Å². The van der Waals surface area contributed by atoms with E-state index in [9.17, 15) is 14.9 Å². The molecule has 0 saturated heterocycles. The molecule has 7 nitrogen and oxygen atoms in total. The van der Waals surface area contributed by atoms with Gasteiger partial charge in [-0.25, -0.2) is 9.97 Å². The number of halogens is 1. The van der Waals surface area contributed by atoms with Crippen LogP contribution in [0, 0.1) is 10.1 Å². The van der Waals surface area contributed by atoms with E-state index in [1.807, 2.05) is 0 Å². The number of non-ortho nitro benzene ring substituents is 1. The van der Waals surface area contributed by atoms with Crippen LogP contribution in [0.4, 0.5) is 5.69 Å². The van der Waals surface area contributed by atoms with E-state index in [-0.39, 0.29) is 16.1 Å². The zero-order chi connectivity index (χ0) is 17.7. The van der Waals surface area contributed by atoms with Crippen LogP contribution in [-0.2, 0) is 0 Å². The van der Waals surface area contributed by atoms with Gasteiger partial charge in [0.05, 0.1) is 22.6 Å². The SMILES string of the molecule is COc1ccc2nc3c4cc([N+](=O)[O-])ccc4c(=O)c(Cl)c-3sc2n1. The smallest absolute Gasteiger partial charge is 0.270 e. The Bertz CT molecular complexity index is 1210. The molecule has 2 aromatic rings. The maximum Gasteiger partial charge on any atom is 0.270 e. The molecule has 4 rings (SSSR count). The van der Waals surface area contributed by atoms with Crippen LogP contribution in [0.3, 0.4) is 0 Å². The molecule has 0 fully saturated rings. The van der Waals surface area contributed by atoms with Gasteiger partial charge in [0.15, 0.2) is 0 Å². The van der Waals surface area contributed by atoms with E-state index in [2.05, 4.69) is 9.97 Å². The minimum absolute atomic E-state index is 0.0281. The lowest BCUT2D eigenvalue weighted by Crippen LogP contribution is -2.06. The van der Waals surface area contributed by atoms with E-state index in [0.717, 1.165) is 0 Å². The number of methoxy groups -OCH3 is 1. The summed E-state index contributed by atoms with van der Waals surface area (Å²) in [5, 5.41) is 11.8. The van der Waals surface area contributed by atoms with E-state index < -0.39 is 4.92 Å². The topological polar surface area (TPSA) is 95.2 Å². The number of ether oxygens (including phenoxy) is 1. The molecule has 0 saturated carbocycles. The summed E-state index contributed by atoms with van der Waals surface area (Å²) >= 11 is 7.44. The lowest BCUT2D eigenvalue weighted by Gasteiger charge is -2.11. The molecule has 0 bridgehead atoms. The van der Waals surface area contributed by atoms with Crippen LogP contribution in [0.1, 0.15) is 0 Å². The molecule has 1 aliphatic heterocycles. The highest BCUT2D eigenvalue weighted by molar-refractivity contribution is 7.21. The van der Waals surface area contributed by atoms with Crippen molar-refractivity contribution in [3.05, 3.63) is 55.7 Å². The van der Waals surface area contributed by atoms with Gasteiger partial charge < -0.3 is 4.74 Å². The van der Waals surface area contributed by atoms with Gasteiger partial charge in [-0.2, -0.15) is 0 Å². The molecular weight excluding hydrogens is 366 g/mol. The van der Waals surface area contributed by atoms with Crippen molar-refractivity contribution in [2.45, 2.75) is 0 Å². The molecule has 0 radical (unpaired) electrons. The van der Waals surface area contributed by atoms with Crippen molar-refractivity contribution < 1.29 is 9.66 Å². The molecule has 25 heavy (non-hydrogen) atoms. The van der Waals surface area contributed by atoms with Crippen LogP contribution in [0.5, 0.6) is 5.88 Å². The molecule has 0 amide bonds. The first-order valence-corrected chi connectivity index (χ1v) is 8.24. The standard InChI is InChI=1S/C16H8ClN3O4S/c1-24-11-5-4-10-16(19-11)25-15-12(17)14(21)8-3-2-7(20(22)23)6-9(8)13(15)18-10/h2-6H,1H3. The number of fused-ring (bicyclic) bond motifs is 4. The lowest BCUT2D eigenvalue weighted by molar-refractivity contribution is -0.384. The number of nitrogens with zero attached hydrogens (tertiary/aromatic N) is 3. The predicted octanol–water partition coefficient (Wildman–Crippen LogP) is 3.88. The van der Waals surface area contributed by atoms with Crippen molar-refractivity contribution in [2.75, 3.05) is 7.11 Å². The largest absolute Gasteiger partial charge is 0.481 e. The van der Waals surface area contributed by atoms with Crippen LogP contribution in [-0.4, -0.2) is 22.0 Å². The van der Waals surface area contributed by atoms with Gasteiger partial charge in [0.2, 0.25) is 11.3 Å².